The molecule has 3 heteroatoms. The molecule has 0 aromatic heterocycles. The van der Waals surface area contributed by atoms with E-state index in [9.17, 15) is 0 Å². The van der Waals surface area contributed by atoms with Crippen LogP contribution in [0.3, 0.4) is 0 Å². The van der Waals surface area contributed by atoms with Gasteiger partial charge in [0.1, 0.15) is 5.75 Å². The first-order valence-electron chi connectivity index (χ1n) is 6.87. The normalized spacial score (nSPS) is 16.9. The van der Waals surface area contributed by atoms with Crippen molar-refractivity contribution in [3.63, 3.8) is 0 Å². The van der Waals surface area contributed by atoms with E-state index in [4.69, 9.17) is 16.3 Å². The van der Waals surface area contributed by atoms with Gasteiger partial charge in [0.25, 0.3) is 0 Å². The van der Waals surface area contributed by atoms with Gasteiger partial charge in [-0.15, -0.1) is 0 Å². The summed E-state index contributed by atoms with van der Waals surface area (Å²) in [5.41, 5.74) is 4.93. The zero-order valence-corrected chi connectivity index (χ0v) is 12.5. The average Bonchev–Trinajstić information content (AvgIpc) is 2.85. The Kier molecular flexibility index (Phi) is 3.58. The highest BCUT2D eigenvalue weighted by Gasteiger charge is 2.23. The van der Waals surface area contributed by atoms with Gasteiger partial charge < -0.3 is 10.1 Å². The Morgan fingerprint density at radius 2 is 2.10 bits per heavy atom. The molecule has 0 bridgehead atoms. The lowest BCUT2D eigenvalue weighted by atomic mass is 10.1. The predicted molar refractivity (Wildman–Crippen MR) is 83.9 cm³/mol. The van der Waals surface area contributed by atoms with Crippen molar-refractivity contribution in [1.29, 1.82) is 0 Å². The lowest BCUT2D eigenvalue weighted by Gasteiger charge is -2.19. The molecular formula is C17H18ClNO. The van der Waals surface area contributed by atoms with Crippen LogP contribution in [-0.4, -0.2) is 7.11 Å². The molecule has 1 aliphatic rings. The lowest BCUT2D eigenvalue weighted by Crippen LogP contribution is -2.08. The average molecular weight is 288 g/mol. The summed E-state index contributed by atoms with van der Waals surface area (Å²) in [4.78, 5) is 0. The molecule has 0 saturated carbocycles. The van der Waals surface area contributed by atoms with Gasteiger partial charge in [0.2, 0.25) is 0 Å². The summed E-state index contributed by atoms with van der Waals surface area (Å²) in [5.74, 6) is 0.910. The number of fused-ring (bicyclic) bond motifs is 1. The van der Waals surface area contributed by atoms with Crippen LogP contribution in [0.25, 0.3) is 0 Å². The van der Waals surface area contributed by atoms with Gasteiger partial charge >= 0.3 is 0 Å². The van der Waals surface area contributed by atoms with E-state index in [0.717, 1.165) is 29.3 Å². The van der Waals surface area contributed by atoms with Gasteiger partial charge in [0.05, 0.1) is 23.9 Å². The zero-order chi connectivity index (χ0) is 14.1. The number of ether oxygens (including phenoxy) is 1. The Morgan fingerprint density at radius 1 is 1.25 bits per heavy atom. The van der Waals surface area contributed by atoms with Crippen LogP contribution >= 0.6 is 11.6 Å². The zero-order valence-electron chi connectivity index (χ0n) is 11.7. The molecule has 1 unspecified atom stereocenters. The van der Waals surface area contributed by atoms with E-state index in [1.165, 1.54) is 16.7 Å². The third-order valence-electron chi connectivity index (χ3n) is 3.97. The van der Waals surface area contributed by atoms with Gasteiger partial charge in [0, 0.05) is 0 Å². The fourth-order valence-electron chi connectivity index (χ4n) is 2.85. The summed E-state index contributed by atoms with van der Waals surface area (Å²) in [6, 6.07) is 12.6. The van der Waals surface area contributed by atoms with Gasteiger partial charge in [-0.1, -0.05) is 29.8 Å². The quantitative estimate of drug-likeness (QED) is 0.879. The highest BCUT2D eigenvalue weighted by Crippen LogP contribution is 2.38. The molecule has 0 heterocycles. The summed E-state index contributed by atoms with van der Waals surface area (Å²) in [6.07, 6.45) is 2.19. The molecule has 0 radical (unpaired) electrons. The molecule has 2 aromatic rings. The molecule has 0 fully saturated rings. The maximum Gasteiger partial charge on any atom is 0.119 e. The van der Waals surface area contributed by atoms with Crippen molar-refractivity contribution >= 4 is 17.3 Å². The summed E-state index contributed by atoms with van der Waals surface area (Å²) < 4.78 is 5.33. The number of nitrogens with one attached hydrogen (secondary N) is 1. The maximum absolute atomic E-state index is 6.31. The Balaban J connectivity index is 1.92. The topological polar surface area (TPSA) is 21.3 Å². The highest BCUT2D eigenvalue weighted by atomic mass is 35.5. The van der Waals surface area contributed by atoms with Crippen molar-refractivity contribution < 1.29 is 4.74 Å². The van der Waals surface area contributed by atoms with E-state index < -0.39 is 0 Å². The van der Waals surface area contributed by atoms with Crippen LogP contribution in [0, 0.1) is 6.92 Å². The Bertz CT molecular complexity index is 619. The van der Waals surface area contributed by atoms with Crippen molar-refractivity contribution in [2.24, 2.45) is 0 Å². The van der Waals surface area contributed by atoms with Gasteiger partial charge in [0.15, 0.2) is 0 Å². The minimum absolute atomic E-state index is 0.304. The number of methoxy groups -OCH3 is 1. The first-order chi connectivity index (χ1) is 9.69. The smallest absolute Gasteiger partial charge is 0.119 e. The number of rotatable bonds is 3. The molecule has 1 aliphatic carbocycles. The molecular weight excluding hydrogens is 270 g/mol. The second-order valence-corrected chi connectivity index (χ2v) is 5.64. The molecule has 2 aromatic carbocycles. The number of anilines is 1. The van der Waals surface area contributed by atoms with Crippen LogP contribution < -0.4 is 10.1 Å². The molecule has 20 heavy (non-hydrogen) atoms. The molecule has 0 saturated heterocycles. The van der Waals surface area contributed by atoms with Crippen LogP contribution in [0.4, 0.5) is 5.69 Å². The fourth-order valence-corrected chi connectivity index (χ4v) is 3.12. The number of aryl methyl sites for hydroxylation is 2. The number of halogens is 1. The van der Waals surface area contributed by atoms with Crippen LogP contribution in [0.1, 0.15) is 29.2 Å². The monoisotopic (exact) mass is 287 g/mol. The van der Waals surface area contributed by atoms with E-state index in [2.05, 4.69) is 30.4 Å². The first kappa shape index (κ1) is 13.3. The summed E-state index contributed by atoms with van der Waals surface area (Å²) in [7, 11) is 1.71. The molecule has 0 spiro atoms. The van der Waals surface area contributed by atoms with Crippen molar-refractivity contribution in [3.8, 4) is 5.75 Å². The highest BCUT2D eigenvalue weighted by molar-refractivity contribution is 6.33. The third-order valence-corrected chi connectivity index (χ3v) is 4.29. The second-order valence-electron chi connectivity index (χ2n) is 5.23. The number of hydrogen-bond acceptors (Lipinski definition) is 2. The minimum atomic E-state index is 0.304. The van der Waals surface area contributed by atoms with Crippen molar-refractivity contribution in [2.75, 3.05) is 12.4 Å². The maximum atomic E-state index is 6.31. The SMILES string of the molecule is COc1ccc2c(c1)C(Nc1c(C)cccc1Cl)CC2. The predicted octanol–water partition coefficient (Wildman–Crippen LogP) is 4.76. The number of hydrogen-bond donors (Lipinski definition) is 1. The molecule has 2 nitrogen and oxygen atoms in total. The molecule has 0 aliphatic heterocycles. The number of benzene rings is 2. The summed E-state index contributed by atoms with van der Waals surface area (Å²) in [5, 5.41) is 4.38. The van der Waals surface area contributed by atoms with Crippen molar-refractivity contribution in [1.82, 2.24) is 0 Å². The molecule has 0 amide bonds. The Morgan fingerprint density at radius 3 is 2.85 bits per heavy atom. The van der Waals surface area contributed by atoms with Crippen molar-refractivity contribution in [2.45, 2.75) is 25.8 Å². The van der Waals surface area contributed by atoms with E-state index in [-0.39, 0.29) is 0 Å². The summed E-state index contributed by atoms with van der Waals surface area (Å²) in [6.45, 7) is 2.08. The Labute approximate surface area is 124 Å². The van der Waals surface area contributed by atoms with Gasteiger partial charge in [-0.2, -0.15) is 0 Å². The minimum Gasteiger partial charge on any atom is -0.497 e. The molecule has 104 valence electrons. The molecule has 1 N–H and O–H groups in total. The van der Waals surface area contributed by atoms with Gasteiger partial charge in [-0.05, 0) is 54.7 Å². The standard InChI is InChI=1S/C17H18ClNO/c1-11-4-3-5-15(18)17(11)19-16-9-7-12-6-8-13(20-2)10-14(12)16/h3-6,8,10,16,19H,7,9H2,1-2H3. The van der Waals surface area contributed by atoms with Crippen LogP contribution in [0.2, 0.25) is 5.02 Å². The molecule has 3 rings (SSSR count). The van der Waals surface area contributed by atoms with E-state index >= 15 is 0 Å². The number of para-hydroxylation sites is 1. The summed E-state index contributed by atoms with van der Waals surface area (Å²) >= 11 is 6.31. The fraction of sp³-hybridized carbons (Fsp3) is 0.294. The second kappa shape index (κ2) is 5.37. The Hall–Kier alpha value is -1.67. The van der Waals surface area contributed by atoms with E-state index in [1.54, 1.807) is 7.11 Å². The van der Waals surface area contributed by atoms with E-state index in [1.807, 2.05) is 18.2 Å². The van der Waals surface area contributed by atoms with E-state index in [0.29, 0.717) is 6.04 Å². The largest absolute Gasteiger partial charge is 0.497 e. The lowest BCUT2D eigenvalue weighted by molar-refractivity contribution is 0.414. The van der Waals surface area contributed by atoms with Gasteiger partial charge in [-0.3, -0.25) is 0 Å². The van der Waals surface area contributed by atoms with Crippen LogP contribution in [-0.2, 0) is 6.42 Å². The van der Waals surface area contributed by atoms with Gasteiger partial charge in [-0.25, -0.2) is 0 Å². The van der Waals surface area contributed by atoms with Crippen LogP contribution in [0.5, 0.6) is 5.75 Å². The first-order valence-corrected chi connectivity index (χ1v) is 7.25. The van der Waals surface area contributed by atoms with Crippen molar-refractivity contribution in [3.05, 3.63) is 58.1 Å². The molecule has 1 atom stereocenters. The van der Waals surface area contributed by atoms with Crippen LogP contribution in [0.15, 0.2) is 36.4 Å². The third kappa shape index (κ3) is 2.36.